The normalized spacial score (nSPS) is 33.1. The first-order valence-electron chi connectivity index (χ1n) is 42.3. The van der Waals surface area contributed by atoms with Crippen molar-refractivity contribution in [3.05, 3.63) is 197 Å². The summed E-state index contributed by atoms with van der Waals surface area (Å²) >= 11 is 0. The van der Waals surface area contributed by atoms with E-state index in [1.54, 1.807) is 0 Å². The average molecular weight is 1950 g/mol. The van der Waals surface area contributed by atoms with Crippen molar-refractivity contribution < 1.29 is 237 Å². The Morgan fingerprint density at radius 2 is 0.710 bits per heavy atom. The highest BCUT2D eigenvalue weighted by molar-refractivity contribution is 6.01. The van der Waals surface area contributed by atoms with Gasteiger partial charge in [0.15, 0.2) is 23.0 Å². The number of hydrogen-bond acceptors (Lipinski definition) is 46. The van der Waals surface area contributed by atoms with Gasteiger partial charge in [-0.05, 0) is 107 Å². The molecule has 31 unspecified atom stereocenters. The average Bonchev–Trinajstić information content (AvgIpc) is 0.756. The topological polar surface area (TPSA) is 758 Å². The second kappa shape index (κ2) is 45.9. The number of carbonyl (C=O) groups is 6. The first-order valence-corrected chi connectivity index (χ1v) is 42.3. The number of esters is 4. The van der Waals surface area contributed by atoms with Crippen LogP contribution >= 0.6 is 0 Å². The zero-order valence-electron chi connectivity index (χ0n) is 71.7. The molecular weight excluding hydrogens is 1850 g/mol. The number of phenols is 3. The summed E-state index contributed by atoms with van der Waals surface area (Å²) in [6, 6.07) is 20.7. The van der Waals surface area contributed by atoms with Crippen molar-refractivity contribution in [2.24, 2.45) is 0 Å². The molecule has 5 aromatic carbocycles. The molecule has 6 saturated heterocycles. The lowest BCUT2D eigenvalue weighted by atomic mass is 9.98. The van der Waals surface area contributed by atoms with Crippen molar-refractivity contribution in [3.8, 4) is 51.7 Å². The van der Waals surface area contributed by atoms with E-state index in [9.17, 15) is 146 Å². The number of carboxylic acids is 1. The Hall–Kier alpha value is -12.4. The van der Waals surface area contributed by atoms with Gasteiger partial charge in [0.05, 0.1) is 18.2 Å². The van der Waals surface area contributed by atoms with Crippen LogP contribution < -0.4 is 23.7 Å². The van der Waals surface area contributed by atoms with Crippen LogP contribution in [0.3, 0.4) is 0 Å². The predicted octanol–water partition coefficient (Wildman–Crippen LogP) is -5.29. The molecule has 7 heterocycles. The first kappa shape index (κ1) is 103. The third kappa shape index (κ3) is 25.4. The molecule has 0 spiro atoms. The molecule has 1 aliphatic carbocycles. The Morgan fingerprint density at radius 3 is 1.07 bits per heavy atom. The molecule has 746 valence electrons. The minimum atomic E-state index is -2.31. The number of ketones is 1. The van der Waals surface area contributed by atoms with Crippen molar-refractivity contribution in [2.45, 2.75) is 197 Å². The molecule has 0 aromatic heterocycles. The maximum Gasteiger partial charge on any atom is 0.330 e. The lowest BCUT2D eigenvalue weighted by Gasteiger charge is -2.41. The van der Waals surface area contributed by atoms with Crippen molar-refractivity contribution >= 4 is 59.9 Å². The smallest absolute Gasteiger partial charge is 0.330 e. The molecule has 7 aliphatic heterocycles. The predicted molar refractivity (Wildman–Crippen MR) is 452 cm³/mol. The second-order valence-electron chi connectivity index (χ2n) is 32.2. The fraction of sp³-hybridized carbons (Fsp3) is 0.422. The number of phenolic OH excluding ortho intramolecular Hbond substituents is 3. The molecule has 13 rings (SSSR count). The van der Waals surface area contributed by atoms with Crippen molar-refractivity contribution in [2.75, 3.05) is 39.6 Å². The number of carbonyl (C=O) groups excluding carboxylic acids is 5. The molecule has 0 radical (unpaired) electrons. The largest absolute Gasteiger partial charge is 0.571 e. The standard InChI is InChI=1S/C90H98O48/c91-31-53-66(103)72(109)78(115)85(133-53)126-44-15-3-38(4-16-44)10-22-61(98)122-33-55-68(105)74(111)80(117)87(135-55)128-46-19-7-40(8-20-46)12-24-63(100)124-35-57-70(107)76(113)82(119)89(137-57)131-51-26-41(84-52(29-47-48(94)27-43(93)28-49(47)129-84)132-90-83(120)77(114)71(108)58(138-90)36-125-64(101)30-59(95)96)25-50(65(51)102)130-88-81(118)75(112)69(106)56(136-88)34-123-62(99)23-11-39-5-17-45(18-6-39)127-86-79(116)73(110)67(104)54(134-86)32-121-60(97)21-9-37-1-13-42(92)14-2-37/h1-29,53-58,66-91,93-94,97,102-120H,30-36H2,(H,95,96)/p+1. The van der Waals surface area contributed by atoms with Crippen molar-refractivity contribution in [1.29, 1.82) is 0 Å². The number of hydrogen-bond donors (Lipinski definition) is 24. The molecule has 8 aliphatic rings. The number of aromatic hydroxyl groups is 4. The van der Waals surface area contributed by atoms with Crippen LogP contribution in [0, 0.1) is 0 Å². The number of benzene rings is 5. The Labute approximate surface area is 778 Å². The monoisotopic (exact) mass is 1950 g/mol. The van der Waals surface area contributed by atoms with Gasteiger partial charge >= 0.3 is 29.8 Å². The summed E-state index contributed by atoms with van der Waals surface area (Å²) in [6.45, 7) is -4.67. The zero-order chi connectivity index (χ0) is 99.4. The molecule has 0 amide bonds. The molecule has 138 heavy (non-hydrogen) atoms. The van der Waals surface area contributed by atoms with Crippen LogP contribution in [0.5, 0.6) is 51.7 Å². The lowest BCUT2D eigenvalue weighted by molar-refractivity contribution is -0.296. The molecule has 48 heteroatoms. The van der Waals surface area contributed by atoms with Crippen LogP contribution in [0.25, 0.3) is 24.3 Å². The van der Waals surface area contributed by atoms with E-state index in [1.807, 2.05) is 0 Å². The van der Waals surface area contributed by atoms with Gasteiger partial charge in [0.25, 0.3) is 17.8 Å². The van der Waals surface area contributed by atoms with E-state index in [-0.39, 0.29) is 45.5 Å². The van der Waals surface area contributed by atoms with Gasteiger partial charge in [-0.2, -0.15) is 0 Å². The third-order valence-corrected chi connectivity index (χ3v) is 22.5. The molecule has 0 bridgehead atoms. The van der Waals surface area contributed by atoms with Gasteiger partial charge in [-0.25, -0.2) is 14.4 Å². The van der Waals surface area contributed by atoms with Crippen LogP contribution in [0.4, 0.5) is 0 Å². The highest BCUT2D eigenvalue weighted by atomic mass is 16.8. The van der Waals surface area contributed by atoms with E-state index in [4.69, 9.17) is 85.6 Å². The summed E-state index contributed by atoms with van der Waals surface area (Å²) in [4.78, 5) is 74.5. The number of aliphatic hydroxyl groups is 21. The van der Waals surface area contributed by atoms with Crippen molar-refractivity contribution in [1.82, 2.24) is 0 Å². The number of ether oxygens (including phenoxy) is 18. The number of carboxylic acid groups (broad SMARTS) is 1. The van der Waals surface area contributed by atoms with Crippen LogP contribution in [0.1, 0.15) is 40.3 Å². The van der Waals surface area contributed by atoms with E-state index in [2.05, 4.69) is 4.74 Å². The van der Waals surface area contributed by atoms with Gasteiger partial charge in [-0.1, -0.05) is 48.6 Å². The molecule has 48 nitrogen and oxygen atoms in total. The Morgan fingerprint density at radius 1 is 0.377 bits per heavy atom. The molecule has 6 fully saturated rings. The van der Waals surface area contributed by atoms with E-state index < -0.39 is 307 Å². The van der Waals surface area contributed by atoms with E-state index in [1.165, 1.54) is 121 Å². The lowest BCUT2D eigenvalue weighted by Crippen LogP contribution is -2.60. The zero-order valence-corrected chi connectivity index (χ0v) is 71.7. The molecule has 31 atom stereocenters. The van der Waals surface area contributed by atoms with Crippen LogP contribution in [0.15, 0.2) is 169 Å². The summed E-state index contributed by atoms with van der Waals surface area (Å²) in [5, 5.41) is 260. The Kier molecular flexibility index (Phi) is 34.3. The van der Waals surface area contributed by atoms with Crippen LogP contribution in [0.2, 0.25) is 0 Å². The fourth-order valence-electron chi connectivity index (χ4n) is 14.7. The Bertz CT molecular complexity index is 5280. The molecule has 25 N–H and O–H groups in total. The highest BCUT2D eigenvalue weighted by Gasteiger charge is 2.53. The minimum Gasteiger partial charge on any atom is -0.571 e. The van der Waals surface area contributed by atoms with Crippen LogP contribution in [-0.2, 0) is 85.6 Å². The molecular formula is C90H99O48+. The van der Waals surface area contributed by atoms with E-state index in [0.717, 1.165) is 54.6 Å². The van der Waals surface area contributed by atoms with Gasteiger partial charge in [0.1, 0.15) is 220 Å². The summed E-state index contributed by atoms with van der Waals surface area (Å²) in [5.74, 6) is -11.7. The minimum absolute atomic E-state index is 0.000271. The van der Waals surface area contributed by atoms with Gasteiger partial charge in [-0.15, -0.1) is 0 Å². The van der Waals surface area contributed by atoms with E-state index in [0.29, 0.717) is 16.7 Å². The summed E-state index contributed by atoms with van der Waals surface area (Å²) in [7, 11) is 0. The Balaban J connectivity index is 0.669. The van der Waals surface area contributed by atoms with Gasteiger partial charge in [-0.3, -0.25) is 14.4 Å². The fourth-order valence-corrected chi connectivity index (χ4v) is 14.7. The third-order valence-electron chi connectivity index (χ3n) is 22.5. The van der Waals surface area contributed by atoms with Gasteiger partial charge < -0.3 is 208 Å². The highest BCUT2D eigenvalue weighted by Crippen LogP contribution is 2.50. The number of rotatable bonds is 34. The van der Waals surface area contributed by atoms with E-state index >= 15 is 0 Å². The SMILES string of the molecule is O=C1C=CC(=CC=C(O)OCC2OC(Oc3ccc(C=CC(=O)OCC4OC(Oc5cc(C6[OH+]c7cc(O)cc(O)c7C=C6OC6OC(COC(=O)CC(=O)O)C(O)C(O)C6O)cc(OC6OC(COC(=O)C=Cc7ccc(OC8OC(COC(=O)C=Cc9ccc(OC%10OC(CO)C(O)C(O)C%10O)cc9)C(O)C(O)C8O)cc7)C(O)C(O)C6O)c5O)C(O)C(O)C4O)cc3)C(O)C(O)C2O)C=C1. The van der Waals surface area contributed by atoms with Gasteiger partial charge in [0, 0.05) is 36.4 Å². The molecule has 5 aromatic rings. The second-order valence-corrected chi connectivity index (χ2v) is 32.2. The number of aliphatic carboxylic acids is 1. The summed E-state index contributed by atoms with van der Waals surface area (Å²) in [5.41, 5.74) is 1.02. The number of aliphatic hydroxyl groups excluding tert-OH is 20. The summed E-state index contributed by atoms with van der Waals surface area (Å²) in [6.07, 6.45) is -43.4. The maximum atomic E-state index is 13.4. The molecule has 0 saturated carbocycles. The van der Waals surface area contributed by atoms with Gasteiger partial charge in [0.2, 0.25) is 43.5 Å². The number of allylic oxidation sites excluding steroid dienone is 7. The summed E-state index contributed by atoms with van der Waals surface area (Å²) < 4.78 is 100. The maximum absolute atomic E-state index is 13.4. The number of fused-ring (bicyclic) bond motifs is 1. The quantitative estimate of drug-likeness (QED) is 0.00457. The van der Waals surface area contributed by atoms with Crippen LogP contribution in [-0.4, -0.2) is 387 Å². The van der Waals surface area contributed by atoms with Crippen molar-refractivity contribution in [3.63, 3.8) is 0 Å². The first-order chi connectivity index (χ1) is 65.8.